The van der Waals surface area contributed by atoms with Crippen LogP contribution in [0.15, 0.2) is 12.3 Å². The number of allylic oxidation sites excluding steroid dienone is 1. The Kier molecular flexibility index (Phi) is 5.37. The molecule has 0 heterocycles. The van der Waals surface area contributed by atoms with Crippen LogP contribution >= 0.6 is 0 Å². The van der Waals surface area contributed by atoms with Crippen molar-refractivity contribution < 1.29 is 18.3 Å². The molecule has 1 unspecified atom stereocenters. The Morgan fingerprint density at radius 3 is 2.47 bits per heavy atom. The van der Waals surface area contributed by atoms with E-state index in [1.807, 2.05) is 0 Å². The summed E-state index contributed by atoms with van der Waals surface area (Å²) in [5.41, 5.74) is 0. The van der Waals surface area contributed by atoms with Crippen LogP contribution in [0, 0.1) is 5.92 Å². The van der Waals surface area contributed by atoms with Crippen LogP contribution in [0.25, 0.3) is 0 Å². The maximum atomic E-state index is 12.5. The van der Waals surface area contributed by atoms with Gasteiger partial charge in [0.25, 0.3) is 0 Å². The van der Waals surface area contributed by atoms with Gasteiger partial charge < -0.3 is 9.47 Å². The first-order chi connectivity index (χ1) is 7.88. The zero-order valence-corrected chi connectivity index (χ0v) is 10.7. The zero-order valence-electron chi connectivity index (χ0n) is 10.7. The van der Waals surface area contributed by atoms with E-state index in [0.717, 1.165) is 25.5 Å². The van der Waals surface area contributed by atoms with E-state index in [1.165, 1.54) is 19.3 Å². The largest absolute Gasteiger partial charge is 0.493 e. The Hall–Kier alpha value is -0.640. The van der Waals surface area contributed by atoms with Crippen molar-refractivity contribution in [2.75, 3.05) is 6.61 Å². The van der Waals surface area contributed by atoms with Crippen LogP contribution in [0.3, 0.4) is 0 Å². The Balaban J connectivity index is 2.25. The van der Waals surface area contributed by atoms with Gasteiger partial charge in [-0.1, -0.05) is 25.8 Å². The summed E-state index contributed by atoms with van der Waals surface area (Å²) in [5.74, 6) is 1.11. The van der Waals surface area contributed by atoms with Crippen molar-refractivity contribution in [1.82, 2.24) is 0 Å². The van der Waals surface area contributed by atoms with Crippen molar-refractivity contribution in [3.63, 3.8) is 0 Å². The van der Waals surface area contributed by atoms with E-state index in [-0.39, 0.29) is 12.7 Å². The molecule has 0 saturated heterocycles. The molecule has 0 radical (unpaired) electrons. The number of hydrogen-bond donors (Lipinski definition) is 0. The summed E-state index contributed by atoms with van der Waals surface area (Å²) in [6, 6.07) is 0. The first-order valence-electron chi connectivity index (χ1n) is 6.25. The maximum absolute atomic E-state index is 12.5. The standard InChI is InChI=1S/C13H22F2O2/c1-10(9-16-13(3,14)15)17-11(2)12-7-5-4-6-8-12/h10,12H,2,4-9H2,1,3H3. The van der Waals surface area contributed by atoms with Gasteiger partial charge >= 0.3 is 6.11 Å². The van der Waals surface area contributed by atoms with Crippen LogP contribution in [-0.2, 0) is 9.47 Å². The second kappa shape index (κ2) is 6.34. The maximum Gasteiger partial charge on any atom is 0.353 e. The Morgan fingerprint density at radius 2 is 1.94 bits per heavy atom. The minimum atomic E-state index is -3.09. The molecule has 0 spiro atoms. The van der Waals surface area contributed by atoms with E-state index in [9.17, 15) is 8.78 Å². The first-order valence-corrected chi connectivity index (χ1v) is 6.25. The minimum Gasteiger partial charge on any atom is -0.493 e. The zero-order chi connectivity index (χ0) is 12.9. The lowest BCUT2D eigenvalue weighted by molar-refractivity contribution is -0.235. The Bertz CT molecular complexity index is 242. The van der Waals surface area contributed by atoms with Crippen molar-refractivity contribution >= 4 is 0 Å². The molecule has 1 aliphatic rings. The van der Waals surface area contributed by atoms with E-state index >= 15 is 0 Å². The molecule has 0 aromatic rings. The monoisotopic (exact) mass is 248 g/mol. The summed E-state index contributed by atoms with van der Waals surface area (Å²) < 4.78 is 34.9. The van der Waals surface area contributed by atoms with Gasteiger partial charge in [-0.25, -0.2) is 0 Å². The van der Waals surface area contributed by atoms with E-state index in [0.29, 0.717) is 5.92 Å². The van der Waals surface area contributed by atoms with Gasteiger partial charge in [-0.05, 0) is 19.8 Å². The fourth-order valence-electron chi connectivity index (χ4n) is 2.08. The van der Waals surface area contributed by atoms with Crippen LogP contribution < -0.4 is 0 Å². The molecule has 0 bridgehead atoms. The predicted octanol–water partition coefficient (Wildman–Crippen LogP) is 4.11. The SMILES string of the molecule is C=C(OC(C)COC(C)(F)F)C1CCCCC1. The molecule has 0 aromatic heterocycles. The molecule has 1 saturated carbocycles. The molecule has 1 rings (SSSR count). The third kappa shape index (κ3) is 6.01. The molecule has 1 atom stereocenters. The second-order valence-electron chi connectivity index (χ2n) is 4.85. The molecular formula is C13H22F2O2. The van der Waals surface area contributed by atoms with E-state index in [1.54, 1.807) is 6.92 Å². The highest BCUT2D eigenvalue weighted by Crippen LogP contribution is 2.30. The van der Waals surface area contributed by atoms with Crippen LogP contribution in [0.2, 0.25) is 0 Å². The van der Waals surface area contributed by atoms with Crippen molar-refractivity contribution in [2.24, 2.45) is 5.92 Å². The Morgan fingerprint density at radius 1 is 1.35 bits per heavy atom. The number of rotatable bonds is 6. The molecule has 0 aromatic carbocycles. The molecule has 0 amide bonds. The van der Waals surface area contributed by atoms with Gasteiger partial charge in [-0.2, -0.15) is 8.78 Å². The second-order valence-corrected chi connectivity index (χ2v) is 4.85. The van der Waals surface area contributed by atoms with Gasteiger partial charge in [0.1, 0.15) is 6.10 Å². The summed E-state index contributed by atoms with van der Waals surface area (Å²) in [4.78, 5) is 0. The topological polar surface area (TPSA) is 18.5 Å². The third-order valence-corrected chi connectivity index (χ3v) is 2.98. The van der Waals surface area contributed by atoms with E-state index in [2.05, 4.69) is 11.3 Å². The number of ether oxygens (including phenoxy) is 2. The molecule has 0 N–H and O–H groups in total. The summed E-state index contributed by atoms with van der Waals surface area (Å²) >= 11 is 0. The van der Waals surface area contributed by atoms with Crippen molar-refractivity contribution in [3.05, 3.63) is 12.3 Å². The summed E-state index contributed by atoms with van der Waals surface area (Å²) in [5, 5.41) is 0. The predicted molar refractivity (Wildman–Crippen MR) is 62.8 cm³/mol. The first kappa shape index (κ1) is 14.4. The molecule has 4 heteroatoms. The number of hydrogen-bond acceptors (Lipinski definition) is 2. The highest BCUT2D eigenvalue weighted by atomic mass is 19.3. The fourth-order valence-corrected chi connectivity index (χ4v) is 2.08. The number of halogens is 2. The quantitative estimate of drug-likeness (QED) is 0.658. The van der Waals surface area contributed by atoms with Crippen LogP contribution in [0.4, 0.5) is 8.78 Å². The molecular weight excluding hydrogens is 226 g/mol. The fraction of sp³-hybridized carbons (Fsp3) is 0.846. The summed E-state index contributed by atoms with van der Waals surface area (Å²) in [6.07, 6.45) is 2.38. The lowest BCUT2D eigenvalue weighted by atomic mass is 9.88. The van der Waals surface area contributed by atoms with E-state index < -0.39 is 6.11 Å². The molecule has 1 fully saturated rings. The van der Waals surface area contributed by atoms with Gasteiger partial charge in [0.2, 0.25) is 0 Å². The van der Waals surface area contributed by atoms with Gasteiger partial charge in [0.15, 0.2) is 0 Å². The van der Waals surface area contributed by atoms with Crippen molar-refractivity contribution in [2.45, 2.75) is 58.2 Å². The minimum absolute atomic E-state index is 0.116. The van der Waals surface area contributed by atoms with Crippen molar-refractivity contribution in [3.8, 4) is 0 Å². The summed E-state index contributed by atoms with van der Waals surface area (Å²) in [6.45, 7) is 6.24. The molecule has 0 aliphatic heterocycles. The van der Waals surface area contributed by atoms with Gasteiger partial charge in [-0.3, -0.25) is 0 Å². The molecule has 100 valence electrons. The molecule has 1 aliphatic carbocycles. The Labute approximate surface area is 102 Å². The molecule has 2 nitrogen and oxygen atoms in total. The highest BCUT2D eigenvalue weighted by Gasteiger charge is 2.24. The normalized spacial score (nSPS) is 20.0. The van der Waals surface area contributed by atoms with E-state index in [4.69, 9.17) is 4.74 Å². The van der Waals surface area contributed by atoms with Gasteiger partial charge in [-0.15, -0.1) is 0 Å². The summed E-state index contributed by atoms with van der Waals surface area (Å²) in [7, 11) is 0. The van der Waals surface area contributed by atoms with Crippen LogP contribution in [0.1, 0.15) is 46.0 Å². The van der Waals surface area contributed by atoms with Gasteiger partial charge in [0.05, 0.1) is 12.4 Å². The average molecular weight is 248 g/mol. The van der Waals surface area contributed by atoms with Crippen molar-refractivity contribution in [1.29, 1.82) is 0 Å². The lowest BCUT2D eigenvalue weighted by Crippen LogP contribution is -2.25. The smallest absolute Gasteiger partial charge is 0.353 e. The number of alkyl halides is 2. The lowest BCUT2D eigenvalue weighted by Gasteiger charge is -2.26. The highest BCUT2D eigenvalue weighted by molar-refractivity contribution is 4.93. The molecule has 17 heavy (non-hydrogen) atoms. The van der Waals surface area contributed by atoms with Crippen LogP contribution in [0.5, 0.6) is 0 Å². The average Bonchev–Trinajstić information content (AvgIpc) is 2.27. The third-order valence-electron chi connectivity index (χ3n) is 2.98. The van der Waals surface area contributed by atoms with Crippen LogP contribution in [-0.4, -0.2) is 18.8 Å². The van der Waals surface area contributed by atoms with Gasteiger partial charge in [0, 0.05) is 12.8 Å².